The first-order valence-corrected chi connectivity index (χ1v) is 7.70. The van der Waals surface area contributed by atoms with Crippen molar-refractivity contribution in [3.8, 4) is 0 Å². The fraction of sp³-hybridized carbons (Fsp3) is 0.875. The molecule has 0 saturated heterocycles. The summed E-state index contributed by atoms with van der Waals surface area (Å²) in [6.07, 6.45) is 2.93. The topological polar surface area (TPSA) is 99.8 Å². The van der Waals surface area contributed by atoms with Gasteiger partial charge in [0.1, 0.15) is 0 Å². The van der Waals surface area contributed by atoms with Gasteiger partial charge in [-0.1, -0.05) is 41.5 Å². The van der Waals surface area contributed by atoms with E-state index in [9.17, 15) is 9.59 Å². The maximum Gasteiger partial charge on any atom is 0.281 e. The van der Waals surface area contributed by atoms with Gasteiger partial charge < -0.3 is 16.8 Å². The van der Waals surface area contributed by atoms with Gasteiger partial charge in [0.15, 0.2) is 5.54 Å². The van der Waals surface area contributed by atoms with Gasteiger partial charge in [0.25, 0.3) is 5.91 Å². The molecule has 0 radical (unpaired) electrons. The highest BCUT2D eigenvalue weighted by Crippen LogP contribution is 2.29. The molecule has 0 unspecified atom stereocenters. The summed E-state index contributed by atoms with van der Waals surface area (Å²) in [6, 6.07) is 0. The van der Waals surface area contributed by atoms with Crippen molar-refractivity contribution in [3.05, 3.63) is 0 Å². The minimum Gasteiger partial charge on any atom is -0.370 e. The first-order chi connectivity index (χ1) is 9.30. The second-order valence-corrected chi connectivity index (χ2v) is 7.69. The van der Waals surface area contributed by atoms with Gasteiger partial charge in [0.05, 0.1) is 0 Å². The Kier molecular flexibility index (Phi) is 10.3. The second kappa shape index (κ2) is 9.77. The lowest BCUT2D eigenvalue weighted by Crippen LogP contribution is -2.70. The lowest BCUT2D eigenvalue weighted by molar-refractivity contribution is -0.420. The van der Waals surface area contributed by atoms with Crippen molar-refractivity contribution in [1.82, 2.24) is 5.32 Å². The third kappa shape index (κ3) is 18.9. The van der Waals surface area contributed by atoms with Crippen molar-refractivity contribution in [2.45, 2.75) is 73.3 Å². The van der Waals surface area contributed by atoms with E-state index in [1.807, 2.05) is 0 Å². The summed E-state index contributed by atoms with van der Waals surface area (Å²) in [5, 5.41) is 2.94. The van der Waals surface area contributed by atoms with Crippen LogP contribution in [0.15, 0.2) is 0 Å². The number of hydrogen-bond donors (Lipinski definition) is 3. The first kappa shape index (κ1) is 22.2. The largest absolute Gasteiger partial charge is 0.370 e. The van der Waals surface area contributed by atoms with Crippen molar-refractivity contribution < 1.29 is 15.3 Å². The van der Waals surface area contributed by atoms with Gasteiger partial charge in [-0.05, 0) is 17.8 Å². The zero-order chi connectivity index (χ0) is 17.3. The van der Waals surface area contributed by atoms with Crippen LogP contribution in [0.5, 0.6) is 0 Å². The van der Waals surface area contributed by atoms with Crippen molar-refractivity contribution >= 4 is 11.8 Å². The number of amides is 2. The zero-order valence-corrected chi connectivity index (χ0v) is 15.0. The van der Waals surface area contributed by atoms with E-state index >= 15 is 0 Å². The predicted octanol–water partition coefficient (Wildman–Crippen LogP) is 1.47. The molecule has 126 valence electrons. The van der Waals surface area contributed by atoms with Crippen LogP contribution in [0, 0.1) is 11.3 Å². The van der Waals surface area contributed by atoms with E-state index in [2.05, 4.69) is 58.3 Å². The van der Waals surface area contributed by atoms with E-state index in [1.165, 1.54) is 6.92 Å². The molecule has 1 aliphatic carbocycles. The summed E-state index contributed by atoms with van der Waals surface area (Å²) >= 11 is 0. The average Bonchev–Trinajstić information content (AvgIpc) is 2.94. The number of quaternary nitrogens is 1. The highest BCUT2D eigenvalue weighted by molar-refractivity contribution is 5.87. The van der Waals surface area contributed by atoms with Crippen LogP contribution in [0.2, 0.25) is 0 Å². The predicted molar refractivity (Wildman–Crippen MR) is 87.3 cm³/mol. The van der Waals surface area contributed by atoms with Crippen molar-refractivity contribution in [3.63, 3.8) is 0 Å². The molecule has 0 aliphatic heterocycles. The smallest absolute Gasteiger partial charge is 0.281 e. The van der Waals surface area contributed by atoms with Gasteiger partial charge in [0.2, 0.25) is 5.91 Å². The van der Waals surface area contributed by atoms with Crippen LogP contribution < -0.4 is 16.8 Å². The van der Waals surface area contributed by atoms with Gasteiger partial charge in [-0.25, -0.2) is 0 Å². The molecular formula is C16H36N3O2+. The number of rotatable bonds is 3. The maximum absolute atomic E-state index is 11.4. The summed E-state index contributed by atoms with van der Waals surface area (Å²) in [6.45, 7) is 15.1. The Balaban J connectivity index is 0. The molecule has 0 aromatic carbocycles. The third-order valence-electron chi connectivity index (χ3n) is 2.50. The summed E-state index contributed by atoms with van der Waals surface area (Å²) in [5.41, 5.74) is 8.39. The number of nitrogens with two attached hydrogens (primary N) is 1. The van der Waals surface area contributed by atoms with Gasteiger partial charge in [0, 0.05) is 26.3 Å². The minimum atomic E-state index is -0.333. The molecule has 0 aromatic heterocycles. The maximum atomic E-state index is 11.4. The Morgan fingerprint density at radius 3 is 1.81 bits per heavy atom. The quantitative estimate of drug-likeness (QED) is 0.735. The van der Waals surface area contributed by atoms with Crippen LogP contribution >= 0.6 is 0 Å². The molecule has 2 amide bonds. The van der Waals surface area contributed by atoms with Gasteiger partial charge in [-0.3, -0.25) is 9.59 Å². The number of nitrogens with one attached hydrogen (secondary N) is 1. The molecule has 1 rings (SSSR count). The lowest BCUT2D eigenvalue weighted by atomic mass is 9.92. The zero-order valence-electron chi connectivity index (χ0n) is 15.0. The van der Waals surface area contributed by atoms with Crippen LogP contribution in [0.25, 0.3) is 0 Å². The Bertz CT molecular complexity index is 309. The molecule has 0 aromatic rings. The van der Waals surface area contributed by atoms with E-state index < -0.39 is 0 Å². The minimum absolute atomic E-state index is 0.136. The molecule has 5 heteroatoms. The van der Waals surface area contributed by atoms with E-state index in [4.69, 9.17) is 0 Å². The monoisotopic (exact) mass is 302 g/mol. The van der Waals surface area contributed by atoms with E-state index in [1.54, 1.807) is 0 Å². The van der Waals surface area contributed by atoms with Crippen LogP contribution in [0.4, 0.5) is 0 Å². The number of hydrogen-bond acceptors (Lipinski definition) is 2. The molecule has 0 bridgehead atoms. The molecule has 0 heterocycles. The molecule has 6 N–H and O–H groups in total. The van der Waals surface area contributed by atoms with Gasteiger partial charge in [-0.2, -0.15) is 0 Å². The highest BCUT2D eigenvalue weighted by atomic mass is 16.2. The fourth-order valence-electron chi connectivity index (χ4n) is 1.12. The van der Waals surface area contributed by atoms with Crippen LogP contribution in [0.3, 0.4) is 0 Å². The van der Waals surface area contributed by atoms with Crippen LogP contribution in [0.1, 0.15) is 67.7 Å². The van der Waals surface area contributed by atoms with Gasteiger partial charge >= 0.3 is 0 Å². The molecule has 5 nitrogen and oxygen atoms in total. The Labute approximate surface area is 130 Å². The molecule has 21 heavy (non-hydrogen) atoms. The van der Waals surface area contributed by atoms with Crippen LogP contribution in [-0.4, -0.2) is 23.9 Å². The highest BCUT2D eigenvalue weighted by Gasteiger charge is 2.50. The Morgan fingerprint density at radius 1 is 1.24 bits per heavy atom. The molecule has 1 aliphatic rings. The van der Waals surface area contributed by atoms with Crippen molar-refractivity contribution in [2.24, 2.45) is 17.1 Å². The number of carbonyl (C=O) groups is 2. The van der Waals surface area contributed by atoms with E-state index in [-0.39, 0.29) is 17.4 Å². The molecule has 0 spiro atoms. The lowest BCUT2D eigenvalue weighted by Gasteiger charge is -2.18. The van der Waals surface area contributed by atoms with E-state index in [0.29, 0.717) is 5.41 Å². The standard InChI is InChI=1S/C10H20N2O.C4H10.C2H5NO/c1-9(2,3)6-7-12-8(13)10(11)4-5-10;1-4(2)3;1-2(3)4/h4-7,11H2,1-3H3,(H,12,13);4H,1-3H3;1H3,(H2,3,4)/p+1. The summed E-state index contributed by atoms with van der Waals surface area (Å²) in [4.78, 5) is 20.7. The van der Waals surface area contributed by atoms with Gasteiger partial charge in [-0.15, -0.1) is 0 Å². The van der Waals surface area contributed by atoms with Crippen molar-refractivity contribution in [1.29, 1.82) is 0 Å². The first-order valence-electron chi connectivity index (χ1n) is 7.70. The summed E-state index contributed by atoms with van der Waals surface area (Å²) in [7, 11) is 0. The van der Waals surface area contributed by atoms with E-state index in [0.717, 1.165) is 31.7 Å². The second-order valence-electron chi connectivity index (χ2n) is 7.69. The number of primary amides is 1. The SMILES string of the molecule is CC(C)(C)CCNC(=O)C1([NH3+])CC1.CC(C)C.CC(N)=O. The third-order valence-corrected chi connectivity index (χ3v) is 2.50. The molecule has 0 atom stereocenters. The summed E-state index contributed by atoms with van der Waals surface area (Å²) < 4.78 is 0. The number of carbonyl (C=O) groups excluding carboxylic acids is 2. The van der Waals surface area contributed by atoms with Crippen molar-refractivity contribution in [2.75, 3.05) is 6.54 Å². The molecular weight excluding hydrogens is 266 g/mol. The van der Waals surface area contributed by atoms with Crippen LogP contribution in [-0.2, 0) is 9.59 Å². The molecule has 1 saturated carbocycles. The summed E-state index contributed by atoms with van der Waals surface area (Å²) in [5.74, 6) is 0.636. The Hall–Kier alpha value is -1.10. The fourth-order valence-corrected chi connectivity index (χ4v) is 1.12. The molecule has 1 fully saturated rings. The normalized spacial score (nSPS) is 15.1. The Morgan fingerprint density at radius 2 is 1.57 bits per heavy atom. The average molecular weight is 302 g/mol.